The van der Waals surface area contributed by atoms with E-state index in [1.807, 2.05) is 0 Å². The first-order valence-corrected chi connectivity index (χ1v) is 4.12. The van der Waals surface area contributed by atoms with Crippen LogP contribution in [0.2, 0.25) is 0 Å². The first-order valence-electron chi connectivity index (χ1n) is 4.12. The van der Waals surface area contributed by atoms with Crippen LogP contribution in [0.25, 0.3) is 0 Å². The number of ether oxygens (including phenoxy) is 1. The van der Waals surface area contributed by atoms with Crippen molar-refractivity contribution in [2.45, 2.75) is 13.2 Å². The molecule has 5 heteroatoms. The predicted octanol–water partition coefficient (Wildman–Crippen LogP) is -1.45. The van der Waals surface area contributed by atoms with Gasteiger partial charge in [-0.3, -0.25) is 0 Å². The topological polar surface area (TPSA) is 90.2 Å². The van der Waals surface area contributed by atoms with Crippen LogP contribution in [0.3, 0.4) is 0 Å². The largest absolute Gasteiger partial charge is 0.396 e. The smallest absolute Gasteiger partial charge is 0.164 e. The zero-order valence-electron chi connectivity index (χ0n) is 7.97. The van der Waals surface area contributed by atoms with E-state index in [0.29, 0.717) is 0 Å². The Hall–Kier alpha value is -0.200. The van der Waals surface area contributed by atoms with Gasteiger partial charge in [0.2, 0.25) is 0 Å². The Labute approximate surface area is 77.6 Å². The third-order valence-corrected chi connectivity index (χ3v) is 2.56. The molecule has 0 aromatic carbocycles. The SMILES string of the molecule is COC(O)C(CO)(CO)C(C)CO. The van der Waals surface area contributed by atoms with Crippen molar-refractivity contribution in [3.8, 4) is 0 Å². The first-order chi connectivity index (χ1) is 6.08. The van der Waals surface area contributed by atoms with Crippen molar-refractivity contribution in [2.24, 2.45) is 11.3 Å². The lowest BCUT2D eigenvalue weighted by molar-refractivity contribution is -0.209. The summed E-state index contributed by atoms with van der Waals surface area (Å²) < 4.78 is 4.64. The molecule has 4 N–H and O–H groups in total. The van der Waals surface area contributed by atoms with Crippen molar-refractivity contribution in [2.75, 3.05) is 26.9 Å². The minimum atomic E-state index is -1.29. The van der Waals surface area contributed by atoms with Gasteiger partial charge in [0.25, 0.3) is 0 Å². The van der Waals surface area contributed by atoms with Crippen molar-refractivity contribution in [3.05, 3.63) is 0 Å². The van der Waals surface area contributed by atoms with Crippen LogP contribution >= 0.6 is 0 Å². The van der Waals surface area contributed by atoms with Gasteiger partial charge in [-0.15, -0.1) is 0 Å². The van der Waals surface area contributed by atoms with Gasteiger partial charge < -0.3 is 25.2 Å². The lowest BCUT2D eigenvalue weighted by Crippen LogP contribution is -2.49. The van der Waals surface area contributed by atoms with Gasteiger partial charge in [-0.05, 0) is 5.92 Å². The molecular weight excluding hydrogens is 176 g/mol. The van der Waals surface area contributed by atoms with Gasteiger partial charge in [0.1, 0.15) is 0 Å². The van der Waals surface area contributed by atoms with E-state index in [1.165, 1.54) is 7.11 Å². The second kappa shape index (κ2) is 5.51. The molecule has 0 fully saturated rings. The molecule has 0 spiro atoms. The number of hydrogen-bond acceptors (Lipinski definition) is 5. The summed E-state index contributed by atoms with van der Waals surface area (Å²) in [4.78, 5) is 0. The van der Waals surface area contributed by atoms with E-state index in [2.05, 4.69) is 4.74 Å². The summed E-state index contributed by atoms with van der Waals surface area (Å²) >= 11 is 0. The van der Waals surface area contributed by atoms with Crippen LogP contribution in [0.5, 0.6) is 0 Å². The third-order valence-electron chi connectivity index (χ3n) is 2.56. The predicted molar refractivity (Wildman–Crippen MR) is 45.9 cm³/mol. The molecule has 0 saturated heterocycles. The summed E-state index contributed by atoms with van der Waals surface area (Å²) in [6.07, 6.45) is -1.29. The second-order valence-corrected chi connectivity index (χ2v) is 3.22. The molecule has 0 aromatic heterocycles. The van der Waals surface area contributed by atoms with Crippen LogP contribution < -0.4 is 0 Å². The number of aliphatic hydroxyl groups is 4. The zero-order chi connectivity index (χ0) is 10.5. The summed E-state index contributed by atoms with van der Waals surface area (Å²) in [6.45, 7) is 0.497. The summed E-state index contributed by atoms with van der Waals surface area (Å²) in [5.74, 6) is -0.447. The average Bonchev–Trinajstić information content (AvgIpc) is 2.19. The van der Waals surface area contributed by atoms with Crippen LogP contribution in [0.1, 0.15) is 6.92 Å². The molecule has 13 heavy (non-hydrogen) atoms. The summed E-state index contributed by atoms with van der Waals surface area (Å²) in [5, 5.41) is 36.4. The lowest BCUT2D eigenvalue weighted by Gasteiger charge is -2.37. The molecule has 0 radical (unpaired) electrons. The summed E-state index contributed by atoms with van der Waals surface area (Å²) in [7, 11) is 1.27. The molecular formula is C8H18O5. The molecule has 0 aliphatic carbocycles. The van der Waals surface area contributed by atoms with Crippen LogP contribution in [-0.2, 0) is 4.74 Å². The van der Waals surface area contributed by atoms with Crippen molar-refractivity contribution in [3.63, 3.8) is 0 Å². The fourth-order valence-electron chi connectivity index (χ4n) is 1.18. The maximum Gasteiger partial charge on any atom is 0.164 e. The fraction of sp³-hybridized carbons (Fsp3) is 1.00. The van der Waals surface area contributed by atoms with E-state index in [9.17, 15) is 5.11 Å². The van der Waals surface area contributed by atoms with Gasteiger partial charge in [-0.25, -0.2) is 0 Å². The van der Waals surface area contributed by atoms with Crippen molar-refractivity contribution >= 4 is 0 Å². The Morgan fingerprint density at radius 2 is 1.69 bits per heavy atom. The highest BCUT2D eigenvalue weighted by Gasteiger charge is 2.42. The van der Waals surface area contributed by atoms with Crippen LogP contribution in [0.15, 0.2) is 0 Å². The maximum atomic E-state index is 9.42. The second-order valence-electron chi connectivity index (χ2n) is 3.22. The highest BCUT2D eigenvalue weighted by molar-refractivity contribution is 4.85. The van der Waals surface area contributed by atoms with Crippen molar-refractivity contribution < 1.29 is 25.2 Å². The Balaban J connectivity index is 4.67. The Morgan fingerprint density at radius 1 is 1.23 bits per heavy atom. The van der Waals surface area contributed by atoms with E-state index in [-0.39, 0.29) is 6.61 Å². The normalized spacial score (nSPS) is 17.1. The summed E-state index contributed by atoms with van der Waals surface area (Å²) in [6, 6.07) is 0. The molecule has 0 rings (SSSR count). The van der Waals surface area contributed by atoms with E-state index >= 15 is 0 Å². The Bertz CT molecular complexity index is 122. The zero-order valence-corrected chi connectivity index (χ0v) is 7.97. The highest BCUT2D eigenvalue weighted by atomic mass is 16.6. The van der Waals surface area contributed by atoms with E-state index in [1.54, 1.807) is 6.92 Å². The van der Waals surface area contributed by atoms with Crippen molar-refractivity contribution in [1.29, 1.82) is 0 Å². The van der Waals surface area contributed by atoms with E-state index in [4.69, 9.17) is 15.3 Å². The number of rotatable bonds is 6. The van der Waals surface area contributed by atoms with Crippen LogP contribution in [0, 0.1) is 11.3 Å². The molecule has 0 amide bonds. The number of hydrogen-bond donors (Lipinski definition) is 4. The number of methoxy groups -OCH3 is 1. The molecule has 5 nitrogen and oxygen atoms in total. The van der Waals surface area contributed by atoms with Gasteiger partial charge in [0.05, 0.1) is 18.6 Å². The van der Waals surface area contributed by atoms with Gasteiger partial charge in [-0.1, -0.05) is 6.92 Å². The Kier molecular flexibility index (Phi) is 5.43. The lowest BCUT2D eigenvalue weighted by atomic mass is 9.77. The quantitative estimate of drug-likeness (QED) is 0.388. The minimum absolute atomic E-state index is 0.235. The van der Waals surface area contributed by atoms with E-state index < -0.39 is 30.8 Å². The number of aliphatic hydroxyl groups excluding tert-OH is 4. The molecule has 0 aromatic rings. The first kappa shape index (κ1) is 12.8. The van der Waals surface area contributed by atoms with Gasteiger partial charge >= 0.3 is 0 Å². The van der Waals surface area contributed by atoms with Crippen molar-refractivity contribution in [1.82, 2.24) is 0 Å². The molecule has 0 heterocycles. The average molecular weight is 194 g/mol. The van der Waals surface area contributed by atoms with Gasteiger partial charge in [-0.2, -0.15) is 0 Å². The Morgan fingerprint density at radius 3 is 1.92 bits per heavy atom. The van der Waals surface area contributed by atoms with E-state index in [0.717, 1.165) is 0 Å². The third kappa shape index (κ3) is 2.38. The molecule has 2 atom stereocenters. The monoisotopic (exact) mass is 194 g/mol. The minimum Gasteiger partial charge on any atom is -0.396 e. The molecule has 80 valence electrons. The standard InChI is InChI=1S/C8H18O5/c1-6(3-9)8(4-10,5-11)7(12)13-2/h6-7,9-12H,3-5H2,1-2H3. The molecule has 0 saturated carbocycles. The molecule has 2 unspecified atom stereocenters. The fourth-order valence-corrected chi connectivity index (χ4v) is 1.18. The molecule has 0 bridgehead atoms. The maximum absolute atomic E-state index is 9.42. The highest BCUT2D eigenvalue weighted by Crippen LogP contribution is 2.31. The van der Waals surface area contributed by atoms with Crippen LogP contribution in [-0.4, -0.2) is 53.6 Å². The summed E-state index contributed by atoms with van der Waals surface area (Å²) in [5.41, 5.74) is -1.20. The van der Waals surface area contributed by atoms with Gasteiger partial charge in [0, 0.05) is 13.7 Å². The van der Waals surface area contributed by atoms with Crippen LogP contribution in [0.4, 0.5) is 0 Å². The molecule has 0 aliphatic heterocycles. The van der Waals surface area contributed by atoms with Gasteiger partial charge in [0.15, 0.2) is 6.29 Å². The molecule has 0 aliphatic rings.